The van der Waals surface area contributed by atoms with E-state index in [2.05, 4.69) is 26.1 Å². The lowest BCUT2D eigenvalue weighted by molar-refractivity contribution is 0.00554. The third-order valence-electron chi connectivity index (χ3n) is 6.04. The fourth-order valence-electron chi connectivity index (χ4n) is 4.19. The topological polar surface area (TPSA) is 78.4 Å². The molecule has 1 amide bonds. The molecule has 8 heteroatoms. The van der Waals surface area contributed by atoms with Gasteiger partial charge in [-0.05, 0) is 49.6 Å². The molecule has 1 atom stereocenters. The van der Waals surface area contributed by atoms with Gasteiger partial charge >= 0.3 is 6.09 Å². The van der Waals surface area contributed by atoms with Crippen LogP contribution in [0, 0.1) is 5.82 Å². The molecule has 2 heterocycles. The molecular formula is C22H23BrFN3O3. The van der Waals surface area contributed by atoms with Crippen LogP contribution in [0.2, 0.25) is 0 Å². The van der Waals surface area contributed by atoms with E-state index in [4.69, 9.17) is 4.74 Å². The van der Waals surface area contributed by atoms with E-state index in [1.165, 1.54) is 17.0 Å². The molecule has 1 aromatic heterocycles. The zero-order valence-electron chi connectivity index (χ0n) is 16.6. The van der Waals surface area contributed by atoms with Crippen LogP contribution in [0.4, 0.5) is 9.18 Å². The van der Waals surface area contributed by atoms with Gasteiger partial charge in [0, 0.05) is 33.9 Å². The number of hydrogen-bond acceptors (Lipinski definition) is 3. The Morgan fingerprint density at radius 3 is 2.70 bits per heavy atom. The molecule has 4 rings (SSSR count). The maximum Gasteiger partial charge on any atom is 0.407 e. The van der Waals surface area contributed by atoms with Gasteiger partial charge in [-0.15, -0.1) is 0 Å². The van der Waals surface area contributed by atoms with E-state index in [0.717, 1.165) is 26.5 Å². The predicted molar refractivity (Wildman–Crippen MR) is 115 cm³/mol. The lowest BCUT2D eigenvalue weighted by Gasteiger charge is -2.41. The Balaban J connectivity index is 1.58. The number of ether oxygens (including phenoxy) is 1. The van der Waals surface area contributed by atoms with Gasteiger partial charge in [-0.2, -0.15) is 5.10 Å². The van der Waals surface area contributed by atoms with E-state index in [1.807, 2.05) is 19.1 Å². The SMILES string of the molecule is CC(OCC1(c2ccc(F)cc2)CCN(C(=O)O)CC1)c1cc(Br)cc2cn[nH]c12. The van der Waals surface area contributed by atoms with E-state index in [1.54, 1.807) is 18.3 Å². The number of likely N-dealkylation sites (tertiary alicyclic amines) is 1. The number of aromatic amines is 1. The highest BCUT2D eigenvalue weighted by atomic mass is 79.9. The summed E-state index contributed by atoms with van der Waals surface area (Å²) in [5.74, 6) is -0.290. The van der Waals surface area contributed by atoms with Crippen LogP contribution in [0.3, 0.4) is 0 Å². The van der Waals surface area contributed by atoms with Crippen molar-refractivity contribution < 1.29 is 19.0 Å². The van der Waals surface area contributed by atoms with E-state index in [9.17, 15) is 14.3 Å². The Labute approximate surface area is 182 Å². The molecule has 2 aromatic carbocycles. The molecule has 30 heavy (non-hydrogen) atoms. The molecule has 1 aliphatic heterocycles. The largest absolute Gasteiger partial charge is 0.465 e. The lowest BCUT2D eigenvalue weighted by Crippen LogP contribution is -2.47. The van der Waals surface area contributed by atoms with Crippen LogP contribution in [-0.2, 0) is 10.2 Å². The normalized spacial score (nSPS) is 17.2. The molecule has 1 unspecified atom stereocenters. The molecule has 0 aliphatic carbocycles. The highest BCUT2D eigenvalue weighted by Gasteiger charge is 2.38. The van der Waals surface area contributed by atoms with Crippen molar-refractivity contribution in [2.75, 3.05) is 19.7 Å². The summed E-state index contributed by atoms with van der Waals surface area (Å²) in [5.41, 5.74) is 2.53. The standard InChI is InChI=1S/C22H23BrFN3O3/c1-14(19-11-17(23)10-15-12-25-26-20(15)19)30-13-22(16-2-4-18(24)5-3-16)6-8-27(9-7-22)21(28)29/h2-5,10-12,14H,6-9,13H2,1H3,(H,25,26)(H,28,29). The first-order valence-electron chi connectivity index (χ1n) is 9.86. The van der Waals surface area contributed by atoms with Crippen molar-refractivity contribution in [2.24, 2.45) is 0 Å². The van der Waals surface area contributed by atoms with Gasteiger partial charge in [-0.1, -0.05) is 28.1 Å². The number of H-pyrrole nitrogens is 1. The Morgan fingerprint density at radius 2 is 2.03 bits per heavy atom. The van der Waals surface area contributed by atoms with Gasteiger partial charge < -0.3 is 14.7 Å². The molecule has 1 aliphatic rings. The van der Waals surface area contributed by atoms with Crippen molar-refractivity contribution in [1.29, 1.82) is 0 Å². The Hall–Kier alpha value is -2.45. The van der Waals surface area contributed by atoms with Crippen LogP contribution in [0.5, 0.6) is 0 Å². The lowest BCUT2D eigenvalue weighted by atomic mass is 9.73. The maximum absolute atomic E-state index is 13.5. The zero-order chi connectivity index (χ0) is 21.3. The summed E-state index contributed by atoms with van der Waals surface area (Å²) in [6.45, 7) is 3.25. The second-order valence-corrected chi connectivity index (χ2v) is 8.75. The number of nitrogens with zero attached hydrogens (tertiary/aromatic N) is 2. The minimum absolute atomic E-state index is 0.208. The maximum atomic E-state index is 13.5. The number of benzene rings is 2. The summed E-state index contributed by atoms with van der Waals surface area (Å²) in [5, 5.41) is 17.5. The van der Waals surface area contributed by atoms with Crippen LogP contribution < -0.4 is 0 Å². The van der Waals surface area contributed by atoms with Gasteiger partial charge in [0.05, 0.1) is 24.4 Å². The first-order chi connectivity index (χ1) is 14.4. The average Bonchev–Trinajstić information content (AvgIpc) is 3.20. The van der Waals surface area contributed by atoms with Crippen molar-refractivity contribution >= 4 is 32.9 Å². The molecule has 6 nitrogen and oxygen atoms in total. The summed E-state index contributed by atoms with van der Waals surface area (Å²) in [6.07, 6.45) is 1.90. The summed E-state index contributed by atoms with van der Waals surface area (Å²) < 4.78 is 20.8. The fourth-order valence-corrected chi connectivity index (χ4v) is 4.68. The molecule has 2 N–H and O–H groups in total. The second-order valence-electron chi connectivity index (χ2n) is 7.84. The molecular weight excluding hydrogens is 453 g/mol. The predicted octanol–water partition coefficient (Wildman–Crippen LogP) is 5.25. The average molecular weight is 476 g/mol. The number of halogens is 2. The van der Waals surface area contributed by atoms with Gasteiger partial charge in [-0.25, -0.2) is 9.18 Å². The van der Waals surface area contributed by atoms with E-state index in [-0.39, 0.29) is 17.3 Å². The number of hydrogen-bond donors (Lipinski definition) is 2. The molecule has 0 bridgehead atoms. The smallest absolute Gasteiger partial charge is 0.407 e. The Morgan fingerprint density at radius 1 is 1.33 bits per heavy atom. The van der Waals surface area contributed by atoms with Gasteiger partial charge in [0.1, 0.15) is 5.82 Å². The minimum atomic E-state index is -0.909. The van der Waals surface area contributed by atoms with Crippen molar-refractivity contribution in [3.63, 3.8) is 0 Å². The highest BCUT2D eigenvalue weighted by Crippen LogP contribution is 2.38. The molecule has 0 saturated carbocycles. The van der Waals surface area contributed by atoms with Crippen LogP contribution in [-0.4, -0.2) is 46.0 Å². The second kappa shape index (κ2) is 8.35. The first kappa shape index (κ1) is 20.8. The van der Waals surface area contributed by atoms with Crippen LogP contribution >= 0.6 is 15.9 Å². The summed E-state index contributed by atoms with van der Waals surface area (Å²) in [6, 6.07) is 10.5. The van der Waals surface area contributed by atoms with Gasteiger partial charge in [-0.3, -0.25) is 5.10 Å². The van der Waals surface area contributed by atoms with E-state index < -0.39 is 6.09 Å². The summed E-state index contributed by atoms with van der Waals surface area (Å²) in [7, 11) is 0. The van der Waals surface area contributed by atoms with Crippen LogP contribution in [0.15, 0.2) is 47.1 Å². The van der Waals surface area contributed by atoms with Gasteiger partial charge in [0.15, 0.2) is 0 Å². The molecule has 1 saturated heterocycles. The molecule has 158 valence electrons. The summed E-state index contributed by atoms with van der Waals surface area (Å²) >= 11 is 3.54. The Kier molecular flexibility index (Phi) is 5.79. The van der Waals surface area contributed by atoms with Gasteiger partial charge in [0.25, 0.3) is 0 Å². The van der Waals surface area contributed by atoms with Gasteiger partial charge in [0.2, 0.25) is 0 Å². The monoisotopic (exact) mass is 475 g/mol. The summed E-state index contributed by atoms with van der Waals surface area (Å²) in [4.78, 5) is 12.8. The van der Waals surface area contributed by atoms with Crippen LogP contribution in [0.25, 0.3) is 10.9 Å². The number of nitrogens with one attached hydrogen (secondary N) is 1. The minimum Gasteiger partial charge on any atom is -0.465 e. The van der Waals surface area contributed by atoms with Crippen LogP contribution in [0.1, 0.15) is 37.0 Å². The van der Waals surface area contributed by atoms with Crippen molar-refractivity contribution in [3.8, 4) is 0 Å². The quantitative estimate of drug-likeness (QED) is 0.527. The third-order valence-corrected chi connectivity index (χ3v) is 6.50. The number of amides is 1. The number of carbonyl (C=O) groups is 1. The highest BCUT2D eigenvalue weighted by molar-refractivity contribution is 9.10. The zero-order valence-corrected chi connectivity index (χ0v) is 18.2. The molecule has 3 aromatic rings. The molecule has 0 radical (unpaired) electrons. The number of rotatable bonds is 5. The van der Waals surface area contributed by atoms with Crippen molar-refractivity contribution in [3.05, 3.63) is 64.0 Å². The molecule has 1 fully saturated rings. The van der Waals surface area contributed by atoms with E-state index >= 15 is 0 Å². The first-order valence-corrected chi connectivity index (χ1v) is 10.7. The fraction of sp³-hybridized carbons (Fsp3) is 0.364. The van der Waals surface area contributed by atoms with E-state index in [0.29, 0.717) is 32.5 Å². The number of carboxylic acid groups (broad SMARTS) is 1. The number of piperidine rings is 1. The Bertz CT molecular complexity index is 1050. The van der Waals surface area contributed by atoms with Crippen molar-refractivity contribution in [2.45, 2.75) is 31.3 Å². The number of fused-ring (bicyclic) bond motifs is 1. The van der Waals surface area contributed by atoms with Crippen molar-refractivity contribution in [1.82, 2.24) is 15.1 Å². The third kappa shape index (κ3) is 4.06. The number of aromatic nitrogens is 2. The molecule has 0 spiro atoms.